The average molecular weight is 386 g/mol. The Bertz CT molecular complexity index is 1230. The van der Waals surface area contributed by atoms with Crippen LogP contribution in [-0.2, 0) is 6.54 Å². The Morgan fingerprint density at radius 2 is 1.97 bits per heavy atom. The molecule has 0 amide bonds. The number of hydrogen-bond donors (Lipinski definition) is 0. The van der Waals surface area contributed by atoms with Crippen LogP contribution in [0.15, 0.2) is 76.2 Å². The van der Waals surface area contributed by atoms with Crippen LogP contribution in [0.1, 0.15) is 5.56 Å². The van der Waals surface area contributed by atoms with Crippen LogP contribution in [0, 0.1) is 0 Å². The van der Waals surface area contributed by atoms with Gasteiger partial charge in [-0.25, -0.2) is 4.79 Å². The second kappa shape index (κ2) is 6.98. The highest BCUT2D eigenvalue weighted by molar-refractivity contribution is 5.96. The van der Waals surface area contributed by atoms with Gasteiger partial charge in [0.25, 0.3) is 0 Å². The number of aromatic nitrogens is 1. The molecule has 2 aromatic carbocycles. The molecule has 6 nitrogen and oxygen atoms in total. The van der Waals surface area contributed by atoms with Gasteiger partial charge in [-0.05, 0) is 47.5 Å². The first kappa shape index (κ1) is 17.3. The first-order valence-electron chi connectivity index (χ1n) is 9.25. The van der Waals surface area contributed by atoms with E-state index in [1.165, 1.54) is 6.07 Å². The molecule has 4 aromatic rings. The molecule has 0 fully saturated rings. The first-order chi connectivity index (χ1) is 14.2. The van der Waals surface area contributed by atoms with Gasteiger partial charge in [-0.2, -0.15) is 0 Å². The predicted molar refractivity (Wildman–Crippen MR) is 110 cm³/mol. The van der Waals surface area contributed by atoms with Gasteiger partial charge in [-0.15, -0.1) is 0 Å². The van der Waals surface area contributed by atoms with Crippen LogP contribution >= 0.6 is 0 Å². The molecule has 3 heterocycles. The molecule has 0 radical (unpaired) electrons. The fourth-order valence-electron chi connectivity index (χ4n) is 3.65. The topological polar surface area (TPSA) is 64.8 Å². The summed E-state index contributed by atoms with van der Waals surface area (Å²) in [7, 11) is 1.63. The quantitative estimate of drug-likeness (QED) is 0.491. The van der Waals surface area contributed by atoms with Crippen molar-refractivity contribution < 1.29 is 13.9 Å². The molecule has 6 heteroatoms. The molecule has 144 valence electrons. The van der Waals surface area contributed by atoms with Crippen LogP contribution in [0.2, 0.25) is 0 Å². The van der Waals surface area contributed by atoms with E-state index in [0.717, 1.165) is 39.3 Å². The van der Waals surface area contributed by atoms with E-state index in [0.29, 0.717) is 18.9 Å². The number of fused-ring (bicyclic) bond motifs is 3. The summed E-state index contributed by atoms with van der Waals surface area (Å²) in [4.78, 5) is 18.6. The van der Waals surface area contributed by atoms with Gasteiger partial charge in [-0.3, -0.25) is 4.98 Å². The van der Waals surface area contributed by atoms with Crippen LogP contribution in [0.25, 0.3) is 22.1 Å². The molecule has 0 aliphatic carbocycles. The molecule has 5 rings (SSSR count). The highest BCUT2D eigenvalue weighted by Gasteiger charge is 2.23. The molecule has 2 aromatic heterocycles. The van der Waals surface area contributed by atoms with Crippen molar-refractivity contribution in [2.75, 3.05) is 18.7 Å². The number of pyridine rings is 1. The van der Waals surface area contributed by atoms with E-state index in [-0.39, 0.29) is 0 Å². The number of nitrogens with zero attached hydrogens (tertiary/aromatic N) is 2. The minimum Gasteiger partial charge on any atom is -0.497 e. The Labute approximate surface area is 166 Å². The average Bonchev–Trinajstić information content (AvgIpc) is 2.79. The van der Waals surface area contributed by atoms with E-state index in [2.05, 4.69) is 9.88 Å². The van der Waals surface area contributed by atoms with Gasteiger partial charge >= 0.3 is 5.63 Å². The molecule has 0 bridgehead atoms. The maximum atomic E-state index is 12.4. The third-order valence-corrected chi connectivity index (χ3v) is 5.11. The molecule has 0 unspecified atom stereocenters. The van der Waals surface area contributed by atoms with Gasteiger partial charge in [-0.1, -0.05) is 12.1 Å². The molecular formula is C23H18N2O4. The predicted octanol–water partition coefficient (Wildman–Crippen LogP) is 4.22. The van der Waals surface area contributed by atoms with Crippen molar-refractivity contribution in [2.24, 2.45) is 0 Å². The van der Waals surface area contributed by atoms with E-state index in [9.17, 15) is 4.79 Å². The molecule has 0 spiro atoms. The summed E-state index contributed by atoms with van der Waals surface area (Å²) in [6.45, 7) is 0.972. The monoisotopic (exact) mass is 386 g/mol. The van der Waals surface area contributed by atoms with Crippen molar-refractivity contribution in [3.05, 3.63) is 83.0 Å². The van der Waals surface area contributed by atoms with Crippen LogP contribution in [-0.4, -0.2) is 18.8 Å². The Morgan fingerprint density at radius 1 is 1.10 bits per heavy atom. The van der Waals surface area contributed by atoms with Gasteiger partial charge in [0, 0.05) is 17.6 Å². The standard InChI is InChI=1S/C23H18N2O4/c1-27-17-6-4-15(5-7-17)19-11-22(26)29-23-18(19)8-9-21-20(23)13-25(14-28-21)16-3-2-10-24-12-16/h2-12H,13-14H2,1H3. The smallest absolute Gasteiger partial charge is 0.336 e. The van der Waals surface area contributed by atoms with E-state index < -0.39 is 5.63 Å². The Morgan fingerprint density at radius 3 is 2.72 bits per heavy atom. The molecular weight excluding hydrogens is 368 g/mol. The van der Waals surface area contributed by atoms with Crippen LogP contribution in [0.4, 0.5) is 5.69 Å². The lowest BCUT2D eigenvalue weighted by Gasteiger charge is -2.30. The molecule has 0 saturated heterocycles. The zero-order valence-corrected chi connectivity index (χ0v) is 15.8. The summed E-state index contributed by atoms with van der Waals surface area (Å²) in [6, 6.07) is 16.9. The fraction of sp³-hybridized carbons (Fsp3) is 0.130. The Kier molecular flexibility index (Phi) is 4.17. The van der Waals surface area contributed by atoms with E-state index in [1.807, 2.05) is 48.5 Å². The maximum Gasteiger partial charge on any atom is 0.336 e. The molecule has 0 N–H and O–H groups in total. The third-order valence-electron chi connectivity index (χ3n) is 5.11. The Balaban J connectivity index is 1.65. The maximum absolute atomic E-state index is 12.4. The lowest BCUT2D eigenvalue weighted by atomic mass is 9.99. The van der Waals surface area contributed by atoms with E-state index in [1.54, 1.807) is 19.5 Å². The van der Waals surface area contributed by atoms with Crippen LogP contribution < -0.4 is 20.0 Å². The Hall–Kier alpha value is -3.80. The van der Waals surface area contributed by atoms with Crippen LogP contribution in [0.3, 0.4) is 0 Å². The SMILES string of the molecule is COc1ccc(-c2cc(=O)oc3c4c(ccc23)OCN(c2cccnc2)C4)cc1. The van der Waals surface area contributed by atoms with Gasteiger partial charge in [0.15, 0.2) is 6.73 Å². The van der Waals surface area contributed by atoms with Crippen molar-refractivity contribution in [3.8, 4) is 22.6 Å². The summed E-state index contributed by atoms with van der Waals surface area (Å²) < 4.78 is 16.8. The second-order valence-electron chi connectivity index (χ2n) is 6.81. The summed E-state index contributed by atoms with van der Waals surface area (Å²) in [5.74, 6) is 1.49. The van der Waals surface area contributed by atoms with Crippen molar-refractivity contribution in [2.45, 2.75) is 6.54 Å². The second-order valence-corrected chi connectivity index (χ2v) is 6.81. The first-order valence-corrected chi connectivity index (χ1v) is 9.25. The third kappa shape index (κ3) is 3.08. The van der Waals surface area contributed by atoms with Crippen molar-refractivity contribution in [1.29, 1.82) is 0 Å². The minimum absolute atomic E-state index is 0.393. The van der Waals surface area contributed by atoms with Crippen molar-refractivity contribution >= 4 is 16.7 Å². The summed E-state index contributed by atoms with van der Waals surface area (Å²) in [5, 5.41) is 0.866. The number of rotatable bonds is 3. The molecule has 1 aliphatic heterocycles. The number of anilines is 1. The largest absolute Gasteiger partial charge is 0.497 e. The lowest BCUT2D eigenvalue weighted by molar-refractivity contribution is 0.289. The van der Waals surface area contributed by atoms with E-state index >= 15 is 0 Å². The van der Waals surface area contributed by atoms with Gasteiger partial charge < -0.3 is 18.8 Å². The number of hydrogen-bond acceptors (Lipinski definition) is 6. The van der Waals surface area contributed by atoms with Crippen molar-refractivity contribution in [1.82, 2.24) is 4.98 Å². The molecule has 0 atom stereocenters. The van der Waals surface area contributed by atoms with Crippen molar-refractivity contribution in [3.63, 3.8) is 0 Å². The van der Waals surface area contributed by atoms with E-state index in [4.69, 9.17) is 13.9 Å². The summed E-state index contributed by atoms with van der Waals surface area (Å²) in [5.41, 5.74) is 3.70. The number of ether oxygens (including phenoxy) is 2. The van der Waals surface area contributed by atoms with Crippen LogP contribution in [0.5, 0.6) is 11.5 Å². The highest BCUT2D eigenvalue weighted by Crippen LogP contribution is 2.37. The highest BCUT2D eigenvalue weighted by atomic mass is 16.5. The summed E-state index contributed by atoms with van der Waals surface area (Å²) >= 11 is 0. The van der Waals surface area contributed by atoms with Gasteiger partial charge in [0.1, 0.15) is 17.1 Å². The number of benzene rings is 2. The van der Waals surface area contributed by atoms with Gasteiger partial charge in [0.2, 0.25) is 0 Å². The minimum atomic E-state index is -0.393. The zero-order valence-electron chi connectivity index (χ0n) is 15.8. The zero-order chi connectivity index (χ0) is 19.8. The molecule has 0 saturated carbocycles. The lowest BCUT2D eigenvalue weighted by Crippen LogP contribution is -2.32. The normalized spacial score (nSPS) is 13.1. The van der Waals surface area contributed by atoms with Gasteiger partial charge in [0.05, 0.1) is 31.1 Å². The molecule has 29 heavy (non-hydrogen) atoms. The number of methoxy groups -OCH3 is 1. The molecule has 1 aliphatic rings. The fourth-order valence-corrected chi connectivity index (χ4v) is 3.65. The summed E-state index contributed by atoms with van der Waals surface area (Å²) in [6.07, 6.45) is 3.52.